The molecule has 0 spiro atoms. The molecule has 2 amide bonds. The summed E-state index contributed by atoms with van der Waals surface area (Å²) in [5.74, 6) is -0.200. The molecule has 0 aromatic rings. The van der Waals surface area contributed by atoms with Crippen LogP contribution in [-0.2, 0) is 9.59 Å². The molecule has 0 aromatic heterocycles. The van der Waals surface area contributed by atoms with Gasteiger partial charge in [0.25, 0.3) is 0 Å². The summed E-state index contributed by atoms with van der Waals surface area (Å²) in [6.45, 7) is 6.71. The Hall–Kier alpha value is -0.810. The van der Waals surface area contributed by atoms with Gasteiger partial charge in [-0.05, 0) is 39.7 Å². The lowest BCUT2D eigenvalue weighted by molar-refractivity contribution is -0.130. The van der Waals surface area contributed by atoms with Gasteiger partial charge >= 0.3 is 0 Å². The van der Waals surface area contributed by atoms with Crippen molar-refractivity contribution in [1.29, 1.82) is 0 Å². The Bertz CT molecular complexity index is 289. The third kappa shape index (κ3) is 4.46. The summed E-state index contributed by atoms with van der Waals surface area (Å²) in [6.07, 6.45) is 2.62. The second-order valence-corrected chi connectivity index (χ2v) is 4.87. The van der Waals surface area contributed by atoms with E-state index in [0.717, 1.165) is 25.8 Å². The van der Waals surface area contributed by atoms with E-state index in [1.54, 1.807) is 0 Å². The standard InChI is InChI=1S/C12H23N3O2.ClH/c1-4-12(6-5-7-14-12)11(17)13-8-10(16)15-9(2)3;/h9,14H,4-8H2,1-3H3,(H,13,17)(H,15,16);1H. The minimum atomic E-state index is -0.460. The van der Waals surface area contributed by atoms with Gasteiger partial charge in [0.15, 0.2) is 0 Å². The number of amides is 2. The monoisotopic (exact) mass is 277 g/mol. The average molecular weight is 278 g/mol. The molecule has 0 aromatic carbocycles. The van der Waals surface area contributed by atoms with Crippen molar-refractivity contribution >= 4 is 24.2 Å². The molecular formula is C12H24ClN3O2. The van der Waals surface area contributed by atoms with E-state index < -0.39 is 5.54 Å². The van der Waals surface area contributed by atoms with Crippen LogP contribution in [0.1, 0.15) is 40.0 Å². The number of carbonyl (C=O) groups excluding carboxylic acids is 2. The predicted molar refractivity (Wildman–Crippen MR) is 73.8 cm³/mol. The summed E-state index contributed by atoms with van der Waals surface area (Å²) in [5.41, 5.74) is -0.460. The molecule has 6 heteroatoms. The molecule has 18 heavy (non-hydrogen) atoms. The Morgan fingerprint density at radius 1 is 1.39 bits per heavy atom. The Kier molecular flexibility index (Phi) is 7.25. The SMILES string of the molecule is CCC1(C(=O)NCC(=O)NC(C)C)CCCN1.Cl. The Morgan fingerprint density at radius 3 is 2.50 bits per heavy atom. The van der Waals surface area contributed by atoms with Crippen LogP contribution in [0.2, 0.25) is 0 Å². The molecule has 0 bridgehead atoms. The topological polar surface area (TPSA) is 70.2 Å². The van der Waals surface area contributed by atoms with Crippen molar-refractivity contribution in [2.75, 3.05) is 13.1 Å². The van der Waals surface area contributed by atoms with Crippen molar-refractivity contribution in [2.45, 2.75) is 51.6 Å². The highest BCUT2D eigenvalue weighted by atomic mass is 35.5. The summed E-state index contributed by atoms with van der Waals surface area (Å²) in [7, 11) is 0. The first kappa shape index (κ1) is 17.2. The van der Waals surface area contributed by atoms with E-state index in [-0.39, 0.29) is 36.8 Å². The van der Waals surface area contributed by atoms with Crippen molar-refractivity contribution in [2.24, 2.45) is 0 Å². The minimum Gasteiger partial charge on any atom is -0.352 e. The van der Waals surface area contributed by atoms with E-state index in [1.807, 2.05) is 20.8 Å². The summed E-state index contributed by atoms with van der Waals surface area (Å²) in [6, 6.07) is 0.101. The first-order valence-electron chi connectivity index (χ1n) is 6.33. The van der Waals surface area contributed by atoms with Crippen LogP contribution < -0.4 is 16.0 Å². The van der Waals surface area contributed by atoms with Gasteiger partial charge in [0.2, 0.25) is 11.8 Å². The minimum absolute atomic E-state index is 0. The predicted octanol–water partition coefficient (Wildman–Crippen LogP) is 0.581. The fourth-order valence-electron chi connectivity index (χ4n) is 2.17. The maximum Gasteiger partial charge on any atom is 0.240 e. The fraction of sp³-hybridized carbons (Fsp3) is 0.833. The maximum atomic E-state index is 12.0. The van der Waals surface area contributed by atoms with Gasteiger partial charge in [-0.25, -0.2) is 0 Å². The van der Waals surface area contributed by atoms with Crippen LogP contribution in [0.3, 0.4) is 0 Å². The Morgan fingerprint density at radius 2 is 2.06 bits per heavy atom. The highest BCUT2D eigenvalue weighted by Gasteiger charge is 2.38. The number of hydrogen-bond donors (Lipinski definition) is 3. The van der Waals surface area contributed by atoms with Crippen LogP contribution in [0.15, 0.2) is 0 Å². The highest BCUT2D eigenvalue weighted by molar-refractivity contribution is 5.90. The summed E-state index contributed by atoms with van der Waals surface area (Å²) in [5, 5.41) is 8.69. The second-order valence-electron chi connectivity index (χ2n) is 4.87. The van der Waals surface area contributed by atoms with Gasteiger partial charge in [-0.15, -0.1) is 12.4 Å². The first-order chi connectivity index (χ1) is 8.00. The molecule has 1 unspecified atom stereocenters. The molecule has 106 valence electrons. The van der Waals surface area contributed by atoms with Gasteiger partial charge in [0.1, 0.15) is 0 Å². The number of halogens is 1. The summed E-state index contributed by atoms with van der Waals surface area (Å²) >= 11 is 0. The van der Waals surface area contributed by atoms with Gasteiger partial charge in [-0.1, -0.05) is 6.92 Å². The van der Waals surface area contributed by atoms with E-state index in [2.05, 4.69) is 16.0 Å². The van der Waals surface area contributed by atoms with E-state index in [9.17, 15) is 9.59 Å². The van der Waals surface area contributed by atoms with Gasteiger partial charge in [0, 0.05) is 6.04 Å². The molecule has 3 N–H and O–H groups in total. The van der Waals surface area contributed by atoms with Crippen LogP contribution in [0, 0.1) is 0 Å². The normalized spacial score (nSPS) is 22.4. The van der Waals surface area contributed by atoms with Gasteiger partial charge in [-0.2, -0.15) is 0 Å². The van der Waals surface area contributed by atoms with E-state index in [1.165, 1.54) is 0 Å². The molecule has 0 radical (unpaired) electrons. The molecule has 5 nitrogen and oxygen atoms in total. The third-order valence-electron chi connectivity index (χ3n) is 3.14. The zero-order valence-electron chi connectivity index (χ0n) is 11.3. The quantitative estimate of drug-likeness (QED) is 0.689. The Labute approximate surface area is 115 Å². The number of carbonyl (C=O) groups is 2. The van der Waals surface area contributed by atoms with Crippen molar-refractivity contribution < 1.29 is 9.59 Å². The highest BCUT2D eigenvalue weighted by Crippen LogP contribution is 2.22. The molecule has 1 aliphatic heterocycles. The van der Waals surface area contributed by atoms with Gasteiger partial charge in [0.05, 0.1) is 12.1 Å². The number of rotatable bonds is 5. The molecule has 0 saturated carbocycles. The molecule has 0 aliphatic carbocycles. The molecule has 1 saturated heterocycles. The molecule has 1 aliphatic rings. The molecule has 1 atom stereocenters. The Balaban J connectivity index is 0.00000289. The summed E-state index contributed by atoms with van der Waals surface area (Å²) < 4.78 is 0. The molecule has 1 rings (SSSR count). The maximum absolute atomic E-state index is 12.0. The molecular weight excluding hydrogens is 254 g/mol. The zero-order chi connectivity index (χ0) is 12.9. The van der Waals surface area contributed by atoms with Gasteiger partial charge < -0.3 is 16.0 Å². The van der Waals surface area contributed by atoms with E-state index in [4.69, 9.17) is 0 Å². The van der Waals surface area contributed by atoms with Crippen LogP contribution in [0.25, 0.3) is 0 Å². The van der Waals surface area contributed by atoms with Crippen molar-refractivity contribution in [3.63, 3.8) is 0 Å². The van der Waals surface area contributed by atoms with Crippen molar-refractivity contribution in [1.82, 2.24) is 16.0 Å². The largest absolute Gasteiger partial charge is 0.352 e. The van der Waals surface area contributed by atoms with E-state index >= 15 is 0 Å². The average Bonchev–Trinajstić information content (AvgIpc) is 2.74. The lowest BCUT2D eigenvalue weighted by Crippen LogP contribution is -2.54. The molecule has 1 fully saturated rings. The van der Waals surface area contributed by atoms with Crippen LogP contribution >= 0.6 is 12.4 Å². The van der Waals surface area contributed by atoms with E-state index in [0.29, 0.717) is 0 Å². The van der Waals surface area contributed by atoms with Crippen LogP contribution in [0.4, 0.5) is 0 Å². The van der Waals surface area contributed by atoms with Crippen LogP contribution in [-0.4, -0.2) is 36.5 Å². The van der Waals surface area contributed by atoms with Crippen LogP contribution in [0.5, 0.6) is 0 Å². The zero-order valence-corrected chi connectivity index (χ0v) is 12.2. The lowest BCUT2D eigenvalue weighted by atomic mass is 9.93. The molecule has 1 heterocycles. The number of hydrogen-bond acceptors (Lipinski definition) is 3. The third-order valence-corrected chi connectivity index (χ3v) is 3.14. The fourth-order valence-corrected chi connectivity index (χ4v) is 2.17. The van der Waals surface area contributed by atoms with Gasteiger partial charge in [-0.3, -0.25) is 9.59 Å². The smallest absolute Gasteiger partial charge is 0.240 e. The summed E-state index contributed by atoms with van der Waals surface area (Å²) in [4.78, 5) is 23.5. The van der Waals surface area contributed by atoms with Crippen molar-refractivity contribution in [3.8, 4) is 0 Å². The van der Waals surface area contributed by atoms with Crippen molar-refractivity contribution in [3.05, 3.63) is 0 Å². The second kappa shape index (κ2) is 7.59. The first-order valence-corrected chi connectivity index (χ1v) is 6.33. The lowest BCUT2D eigenvalue weighted by Gasteiger charge is -2.26. The number of nitrogens with one attached hydrogen (secondary N) is 3.